The second-order valence-corrected chi connectivity index (χ2v) is 11.0. The van der Waals surface area contributed by atoms with E-state index in [4.69, 9.17) is 22.7 Å². The number of hydrogen-bond acceptors (Lipinski definition) is 5. The molecule has 0 spiro atoms. The average molecular weight is 474 g/mol. The van der Waals surface area contributed by atoms with Crippen LogP contribution >= 0.6 is 23.6 Å². The van der Waals surface area contributed by atoms with Crippen LogP contribution in [0.1, 0.15) is 72.2 Å². The first kappa shape index (κ1) is 24.2. The third kappa shape index (κ3) is 5.66. The Hall–Kier alpha value is -2.45. The summed E-state index contributed by atoms with van der Waals surface area (Å²) in [5, 5.41) is 6.44. The second kappa shape index (κ2) is 9.58. The molecule has 1 unspecified atom stereocenters. The molecular weight excluding hydrogens is 442 g/mol. The van der Waals surface area contributed by atoms with Crippen molar-refractivity contribution in [2.45, 2.75) is 60.0 Å². The van der Waals surface area contributed by atoms with Crippen LogP contribution in [0, 0.1) is 11.3 Å². The summed E-state index contributed by atoms with van der Waals surface area (Å²) >= 11 is 6.86. The lowest BCUT2D eigenvalue weighted by atomic mass is 9.72. The summed E-state index contributed by atoms with van der Waals surface area (Å²) in [5.41, 5.74) is 7.84. The number of amides is 2. The number of benzene rings is 1. The molecule has 1 atom stereocenters. The lowest BCUT2D eigenvalue weighted by molar-refractivity contribution is 0.0974. The first-order chi connectivity index (χ1) is 15.0. The SMILES string of the molecule is CC(C)Oc1cccc(C(=O)NC(=S)Nc2sc3c(c2C(N)=O)CCC(C(C)(C)C)C3)c1. The van der Waals surface area contributed by atoms with E-state index in [0.717, 1.165) is 24.8 Å². The predicted octanol–water partition coefficient (Wildman–Crippen LogP) is 4.91. The van der Waals surface area contributed by atoms with E-state index in [2.05, 4.69) is 31.4 Å². The fourth-order valence-electron chi connectivity index (χ4n) is 3.97. The van der Waals surface area contributed by atoms with Crippen molar-refractivity contribution >= 4 is 45.5 Å². The van der Waals surface area contributed by atoms with Gasteiger partial charge >= 0.3 is 0 Å². The molecule has 32 heavy (non-hydrogen) atoms. The standard InChI is InChI=1S/C24H31N3O3S2/c1-13(2)30-16-8-6-7-14(11-16)21(29)26-23(31)27-22-19(20(25)28)17-10-9-15(24(3,4)5)12-18(17)32-22/h6-8,11,13,15H,9-10,12H2,1-5H3,(H2,25,28)(H2,26,27,29,31). The topological polar surface area (TPSA) is 93.4 Å². The van der Waals surface area contributed by atoms with Gasteiger partial charge in [-0.2, -0.15) is 0 Å². The van der Waals surface area contributed by atoms with Crippen LogP contribution in [0.4, 0.5) is 5.00 Å². The molecule has 2 aromatic rings. The van der Waals surface area contributed by atoms with Gasteiger partial charge in [-0.25, -0.2) is 0 Å². The molecule has 0 aliphatic heterocycles. The van der Waals surface area contributed by atoms with Crippen LogP contribution in [-0.4, -0.2) is 23.0 Å². The highest BCUT2D eigenvalue weighted by molar-refractivity contribution is 7.80. The van der Waals surface area contributed by atoms with Crippen molar-refractivity contribution in [3.05, 3.63) is 45.8 Å². The van der Waals surface area contributed by atoms with Gasteiger partial charge in [0.05, 0.1) is 11.7 Å². The van der Waals surface area contributed by atoms with Gasteiger partial charge in [0.1, 0.15) is 10.8 Å². The van der Waals surface area contributed by atoms with Crippen LogP contribution < -0.4 is 21.1 Å². The van der Waals surface area contributed by atoms with Crippen LogP contribution in [0.25, 0.3) is 0 Å². The Morgan fingerprint density at radius 3 is 2.62 bits per heavy atom. The second-order valence-electron chi connectivity index (χ2n) is 9.48. The number of ether oxygens (including phenoxy) is 1. The Kier molecular flexibility index (Phi) is 7.25. The highest BCUT2D eigenvalue weighted by Crippen LogP contribution is 2.44. The van der Waals surface area contributed by atoms with Crippen molar-refractivity contribution < 1.29 is 14.3 Å². The molecule has 6 nitrogen and oxygen atoms in total. The summed E-state index contributed by atoms with van der Waals surface area (Å²) in [7, 11) is 0. The maximum Gasteiger partial charge on any atom is 0.257 e. The number of rotatable bonds is 5. The zero-order valence-corrected chi connectivity index (χ0v) is 20.8. The van der Waals surface area contributed by atoms with Crippen molar-refractivity contribution in [3.8, 4) is 5.75 Å². The maximum atomic E-state index is 12.7. The molecule has 2 amide bonds. The molecule has 8 heteroatoms. The number of hydrogen-bond donors (Lipinski definition) is 3. The molecule has 0 saturated heterocycles. The van der Waals surface area contributed by atoms with Crippen molar-refractivity contribution in [3.63, 3.8) is 0 Å². The molecule has 1 aliphatic carbocycles. The zero-order chi connectivity index (χ0) is 23.6. The number of thiocarbonyl (C=S) groups is 1. The molecule has 0 saturated carbocycles. The van der Waals surface area contributed by atoms with E-state index < -0.39 is 5.91 Å². The van der Waals surface area contributed by atoms with Gasteiger partial charge in [0.2, 0.25) is 0 Å². The Labute approximate surface area is 198 Å². The minimum absolute atomic E-state index is 0.00557. The number of nitrogens with one attached hydrogen (secondary N) is 2. The molecule has 4 N–H and O–H groups in total. The van der Waals surface area contributed by atoms with E-state index in [-0.39, 0.29) is 22.5 Å². The third-order valence-electron chi connectivity index (χ3n) is 5.66. The van der Waals surface area contributed by atoms with Crippen LogP contribution in [0.2, 0.25) is 0 Å². The summed E-state index contributed by atoms with van der Waals surface area (Å²) in [5.74, 6) is 0.314. The minimum Gasteiger partial charge on any atom is -0.491 e. The molecule has 0 bridgehead atoms. The van der Waals surface area contributed by atoms with E-state index in [0.29, 0.717) is 27.8 Å². The Bertz CT molecular complexity index is 1040. The van der Waals surface area contributed by atoms with Crippen LogP contribution in [-0.2, 0) is 12.8 Å². The first-order valence-electron chi connectivity index (χ1n) is 10.8. The van der Waals surface area contributed by atoms with E-state index in [1.807, 2.05) is 13.8 Å². The van der Waals surface area contributed by atoms with Gasteiger partial charge in [-0.3, -0.25) is 14.9 Å². The third-order valence-corrected chi connectivity index (χ3v) is 7.03. The first-order valence-corrected chi connectivity index (χ1v) is 12.0. The van der Waals surface area contributed by atoms with Crippen LogP contribution in [0.3, 0.4) is 0 Å². The quantitative estimate of drug-likeness (QED) is 0.537. The van der Waals surface area contributed by atoms with Crippen molar-refractivity contribution in [1.82, 2.24) is 5.32 Å². The van der Waals surface area contributed by atoms with E-state index in [9.17, 15) is 9.59 Å². The Morgan fingerprint density at radius 2 is 2.00 bits per heavy atom. The minimum atomic E-state index is -0.480. The van der Waals surface area contributed by atoms with E-state index >= 15 is 0 Å². The van der Waals surface area contributed by atoms with Gasteiger partial charge in [-0.15, -0.1) is 11.3 Å². The number of fused-ring (bicyclic) bond motifs is 1. The molecule has 1 aromatic carbocycles. The van der Waals surface area contributed by atoms with Crippen LogP contribution in [0.5, 0.6) is 5.75 Å². The fourth-order valence-corrected chi connectivity index (χ4v) is 5.56. The average Bonchev–Trinajstić information content (AvgIpc) is 3.03. The molecular formula is C24H31N3O3S2. The molecule has 0 fully saturated rings. The summed E-state index contributed by atoms with van der Waals surface area (Å²) in [6, 6.07) is 6.92. The van der Waals surface area contributed by atoms with Gasteiger partial charge in [0.25, 0.3) is 11.8 Å². The summed E-state index contributed by atoms with van der Waals surface area (Å²) in [6.45, 7) is 10.6. The van der Waals surface area contributed by atoms with Crippen LogP contribution in [0.15, 0.2) is 24.3 Å². The molecule has 1 aromatic heterocycles. The predicted molar refractivity (Wildman–Crippen MR) is 134 cm³/mol. The van der Waals surface area contributed by atoms with Gasteiger partial charge in [-0.05, 0) is 80.4 Å². The van der Waals surface area contributed by atoms with E-state index in [1.165, 1.54) is 16.2 Å². The molecule has 1 aliphatic rings. The van der Waals surface area contributed by atoms with Gasteiger partial charge in [0.15, 0.2) is 5.11 Å². The summed E-state index contributed by atoms with van der Waals surface area (Å²) in [6.07, 6.45) is 2.75. The largest absolute Gasteiger partial charge is 0.491 e. The number of carbonyl (C=O) groups is 2. The monoisotopic (exact) mass is 473 g/mol. The summed E-state index contributed by atoms with van der Waals surface area (Å²) < 4.78 is 5.65. The fraction of sp³-hybridized carbons (Fsp3) is 0.458. The maximum absolute atomic E-state index is 12.7. The smallest absolute Gasteiger partial charge is 0.257 e. The normalized spacial score (nSPS) is 15.8. The van der Waals surface area contributed by atoms with E-state index in [1.54, 1.807) is 24.3 Å². The number of primary amides is 1. The van der Waals surface area contributed by atoms with Gasteiger partial charge in [-0.1, -0.05) is 26.8 Å². The lowest BCUT2D eigenvalue weighted by Gasteiger charge is -2.33. The highest BCUT2D eigenvalue weighted by Gasteiger charge is 2.33. The van der Waals surface area contributed by atoms with Crippen molar-refractivity contribution in [2.75, 3.05) is 5.32 Å². The van der Waals surface area contributed by atoms with Gasteiger partial charge in [0, 0.05) is 10.4 Å². The van der Waals surface area contributed by atoms with Crippen molar-refractivity contribution in [1.29, 1.82) is 0 Å². The number of carbonyl (C=O) groups excluding carboxylic acids is 2. The van der Waals surface area contributed by atoms with Gasteiger partial charge < -0.3 is 15.8 Å². The molecule has 3 rings (SSSR count). The highest BCUT2D eigenvalue weighted by atomic mass is 32.1. The Balaban J connectivity index is 1.75. The molecule has 1 heterocycles. The molecule has 0 radical (unpaired) electrons. The summed E-state index contributed by atoms with van der Waals surface area (Å²) in [4.78, 5) is 26.1. The Morgan fingerprint density at radius 1 is 1.28 bits per heavy atom. The number of nitrogens with two attached hydrogens (primary N) is 1. The zero-order valence-electron chi connectivity index (χ0n) is 19.2. The van der Waals surface area contributed by atoms with Crippen molar-refractivity contribution in [2.24, 2.45) is 17.1 Å². The number of anilines is 1. The lowest BCUT2D eigenvalue weighted by Crippen LogP contribution is -2.34. The molecule has 172 valence electrons. The number of thiophene rings is 1.